The van der Waals surface area contributed by atoms with Crippen molar-refractivity contribution in [3.8, 4) is 0 Å². The fraction of sp³-hybridized carbons (Fsp3) is 0.318. The van der Waals surface area contributed by atoms with Gasteiger partial charge in [0.05, 0.1) is 29.1 Å². The monoisotopic (exact) mass is 443 g/mol. The highest BCUT2D eigenvalue weighted by Crippen LogP contribution is 2.25. The number of amides is 3. The summed E-state index contributed by atoms with van der Waals surface area (Å²) < 4.78 is 25.6. The maximum atomic E-state index is 12.5. The molecular weight excluding hydrogens is 418 g/mol. The van der Waals surface area contributed by atoms with Crippen molar-refractivity contribution in [3.05, 3.63) is 64.7 Å². The number of rotatable bonds is 8. The summed E-state index contributed by atoms with van der Waals surface area (Å²) in [6, 6.07) is 11.5. The van der Waals surface area contributed by atoms with Gasteiger partial charge < -0.3 is 5.32 Å². The van der Waals surface area contributed by atoms with E-state index in [2.05, 4.69) is 10.0 Å². The first-order valence-electron chi connectivity index (χ1n) is 9.90. The molecule has 0 bridgehead atoms. The molecule has 1 heterocycles. The lowest BCUT2D eigenvalue weighted by atomic mass is 10.1. The number of hydrogen-bond acceptors (Lipinski definition) is 5. The topological polar surface area (TPSA) is 113 Å². The number of imide groups is 1. The van der Waals surface area contributed by atoms with Gasteiger partial charge in [-0.05, 0) is 44.0 Å². The van der Waals surface area contributed by atoms with Crippen LogP contribution in [0.5, 0.6) is 0 Å². The van der Waals surface area contributed by atoms with E-state index in [0.717, 1.165) is 11.8 Å². The number of para-hydroxylation sites is 1. The molecule has 2 N–H and O–H groups in total. The molecular formula is C22H25N3O5S. The van der Waals surface area contributed by atoms with Crippen molar-refractivity contribution >= 4 is 33.4 Å². The molecule has 164 valence electrons. The molecule has 0 aliphatic carbocycles. The van der Waals surface area contributed by atoms with Gasteiger partial charge >= 0.3 is 0 Å². The highest BCUT2D eigenvalue weighted by Gasteiger charge is 2.35. The van der Waals surface area contributed by atoms with Gasteiger partial charge in [0, 0.05) is 13.0 Å². The van der Waals surface area contributed by atoms with Crippen molar-refractivity contribution < 1.29 is 22.8 Å². The fourth-order valence-electron chi connectivity index (χ4n) is 3.56. The summed E-state index contributed by atoms with van der Waals surface area (Å²) in [6.07, 6.45) is 1.51. The maximum Gasteiger partial charge on any atom is 0.261 e. The van der Waals surface area contributed by atoms with Gasteiger partial charge in [-0.2, -0.15) is 0 Å². The van der Waals surface area contributed by atoms with Crippen LogP contribution in [-0.4, -0.2) is 43.8 Å². The predicted molar refractivity (Wildman–Crippen MR) is 117 cm³/mol. The number of aryl methyl sites for hydroxylation is 1. The number of benzene rings is 2. The minimum atomic E-state index is -3.45. The molecule has 2 aromatic carbocycles. The SMILES string of the molecule is Cc1ccc2c(c1)C(=O)N(CCCC(=O)NC(C)c1ccccc1NS(C)(=O)=O)C2=O. The average molecular weight is 444 g/mol. The number of sulfonamides is 1. The largest absolute Gasteiger partial charge is 0.350 e. The highest BCUT2D eigenvalue weighted by atomic mass is 32.2. The lowest BCUT2D eigenvalue weighted by Crippen LogP contribution is -2.32. The van der Waals surface area contributed by atoms with Crippen LogP contribution in [0.2, 0.25) is 0 Å². The number of anilines is 1. The third kappa shape index (κ3) is 5.29. The summed E-state index contributed by atoms with van der Waals surface area (Å²) in [4.78, 5) is 38.5. The number of carbonyl (C=O) groups excluding carboxylic acids is 3. The number of nitrogens with one attached hydrogen (secondary N) is 2. The molecule has 0 spiro atoms. The molecule has 9 heteroatoms. The summed E-state index contributed by atoms with van der Waals surface area (Å²) >= 11 is 0. The van der Waals surface area contributed by atoms with Gasteiger partial charge in [0.25, 0.3) is 11.8 Å². The first-order valence-corrected chi connectivity index (χ1v) is 11.8. The lowest BCUT2D eigenvalue weighted by Gasteiger charge is -2.19. The van der Waals surface area contributed by atoms with Crippen LogP contribution in [0.25, 0.3) is 0 Å². The Morgan fingerprint density at radius 3 is 2.45 bits per heavy atom. The number of hydrogen-bond donors (Lipinski definition) is 2. The average Bonchev–Trinajstić information content (AvgIpc) is 2.91. The normalized spacial score (nSPS) is 14.4. The molecule has 0 fully saturated rings. The Morgan fingerprint density at radius 1 is 1.06 bits per heavy atom. The molecule has 2 aromatic rings. The van der Waals surface area contributed by atoms with E-state index in [9.17, 15) is 22.8 Å². The Bertz CT molecular complexity index is 1140. The highest BCUT2D eigenvalue weighted by molar-refractivity contribution is 7.92. The minimum absolute atomic E-state index is 0.123. The van der Waals surface area contributed by atoms with Crippen molar-refractivity contribution in [1.82, 2.24) is 10.2 Å². The van der Waals surface area contributed by atoms with Gasteiger partial charge in [-0.1, -0.05) is 29.8 Å². The van der Waals surface area contributed by atoms with Gasteiger partial charge in [-0.3, -0.25) is 24.0 Å². The number of nitrogens with zero attached hydrogens (tertiary/aromatic N) is 1. The molecule has 0 aromatic heterocycles. The first-order chi connectivity index (χ1) is 14.6. The Hall–Kier alpha value is -3.20. The molecule has 1 aliphatic rings. The van der Waals surface area contributed by atoms with E-state index in [4.69, 9.17) is 0 Å². The zero-order chi connectivity index (χ0) is 22.8. The summed E-state index contributed by atoms with van der Waals surface area (Å²) in [5.41, 5.74) is 2.73. The third-order valence-corrected chi connectivity index (χ3v) is 5.60. The molecule has 3 amide bonds. The van der Waals surface area contributed by atoms with Crippen LogP contribution < -0.4 is 10.0 Å². The molecule has 1 unspecified atom stereocenters. The second-order valence-corrected chi connectivity index (χ2v) is 9.41. The lowest BCUT2D eigenvalue weighted by molar-refractivity contribution is -0.121. The van der Waals surface area contributed by atoms with Crippen LogP contribution in [0, 0.1) is 6.92 Å². The van der Waals surface area contributed by atoms with E-state index < -0.39 is 16.1 Å². The van der Waals surface area contributed by atoms with Crippen molar-refractivity contribution in [1.29, 1.82) is 0 Å². The first kappa shape index (κ1) is 22.5. The quantitative estimate of drug-likeness (QED) is 0.609. The zero-order valence-electron chi connectivity index (χ0n) is 17.6. The summed E-state index contributed by atoms with van der Waals surface area (Å²) in [5.74, 6) is -0.929. The molecule has 8 nitrogen and oxygen atoms in total. The molecule has 0 radical (unpaired) electrons. The molecule has 1 atom stereocenters. The second kappa shape index (κ2) is 8.89. The van der Waals surface area contributed by atoms with Crippen LogP contribution in [-0.2, 0) is 14.8 Å². The van der Waals surface area contributed by atoms with E-state index in [0.29, 0.717) is 28.8 Å². The fourth-order valence-corrected chi connectivity index (χ4v) is 4.15. The molecule has 0 saturated carbocycles. The minimum Gasteiger partial charge on any atom is -0.350 e. The van der Waals surface area contributed by atoms with Crippen LogP contribution >= 0.6 is 0 Å². The summed E-state index contributed by atoms with van der Waals surface area (Å²) in [6.45, 7) is 3.77. The van der Waals surface area contributed by atoms with Gasteiger partial charge in [-0.15, -0.1) is 0 Å². The molecule has 3 rings (SSSR count). The van der Waals surface area contributed by atoms with Gasteiger partial charge in [-0.25, -0.2) is 8.42 Å². The molecule has 31 heavy (non-hydrogen) atoms. The van der Waals surface area contributed by atoms with Crippen molar-refractivity contribution in [2.45, 2.75) is 32.7 Å². The molecule has 0 saturated heterocycles. The Balaban J connectivity index is 1.56. The maximum absolute atomic E-state index is 12.5. The van der Waals surface area contributed by atoms with Crippen molar-refractivity contribution in [3.63, 3.8) is 0 Å². The van der Waals surface area contributed by atoms with Crippen molar-refractivity contribution in [2.24, 2.45) is 0 Å². The van der Waals surface area contributed by atoms with Crippen LogP contribution in [0.4, 0.5) is 5.69 Å². The summed E-state index contributed by atoms with van der Waals surface area (Å²) in [7, 11) is -3.45. The zero-order valence-corrected chi connectivity index (χ0v) is 18.5. The van der Waals surface area contributed by atoms with Gasteiger partial charge in [0.1, 0.15) is 0 Å². The van der Waals surface area contributed by atoms with E-state index in [1.807, 2.05) is 6.92 Å². The van der Waals surface area contributed by atoms with Crippen LogP contribution in [0.15, 0.2) is 42.5 Å². The Kier molecular flexibility index (Phi) is 6.45. The van der Waals surface area contributed by atoms with Crippen LogP contribution in [0.3, 0.4) is 0 Å². The predicted octanol–water partition coefficient (Wildman–Crippen LogP) is 2.62. The van der Waals surface area contributed by atoms with E-state index in [1.54, 1.807) is 49.4 Å². The van der Waals surface area contributed by atoms with E-state index >= 15 is 0 Å². The van der Waals surface area contributed by atoms with Gasteiger partial charge in [0.2, 0.25) is 15.9 Å². The smallest absolute Gasteiger partial charge is 0.261 e. The number of fused-ring (bicyclic) bond motifs is 1. The van der Waals surface area contributed by atoms with Gasteiger partial charge in [0.15, 0.2) is 0 Å². The van der Waals surface area contributed by atoms with Crippen LogP contribution in [0.1, 0.15) is 57.7 Å². The van der Waals surface area contributed by atoms with E-state index in [-0.39, 0.29) is 30.7 Å². The standard InChI is InChI=1S/C22H25N3O5S/c1-14-10-11-17-18(13-14)22(28)25(21(17)27)12-6-9-20(26)23-15(2)16-7-4-5-8-19(16)24-31(3,29)30/h4-5,7-8,10-11,13,15,24H,6,9,12H2,1-3H3,(H,23,26). The van der Waals surface area contributed by atoms with Crippen molar-refractivity contribution in [2.75, 3.05) is 17.5 Å². The second-order valence-electron chi connectivity index (χ2n) is 7.67. The number of carbonyl (C=O) groups is 3. The summed E-state index contributed by atoms with van der Waals surface area (Å²) in [5, 5.41) is 2.83. The molecule has 1 aliphatic heterocycles. The Labute approximate surface area is 181 Å². The Morgan fingerprint density at radius 2 is 1.74 bits per heavy atom. The van der Waals surface area contributed by atoms with E-state index in [1.165, 1.54) is 4.90 Å². The third-order valence-electron chi connectivity index (χ3n) is 5.01.